The van der Waals surface area contributed by atoms with E-state index in [1.807, 2.05) is 20.8 Å². The number of benzene rings is 3. The van der Waals surface area contributed by atoms with Gasteiger partial charge in [0.05, 0.1) is 27.1 Å². The zero-order valence-corrected chi connectivity index (χ0v) is 24.2. The highest BCUT2D eigenvalue weighted by Crippen LogP contribution is 2.37. The maximum absolute atomic E-state index is 13.3. The first-order chi connectivity index (χ1) is 17.8. The molecule has 196 valence electrons. The van der Waals surface area contributed by atoms with Gasteiger partial charge in [-0.25, -0.2) is 4.98 Å². The van der Waals surface area contributed by atoms with Crippen molar-refractivity contribution in [3.05, 3.63) is 105 Å². The first-order valence-corrected chi connectivity index (χ1v) is 13.1. The molecular formula is C26H20BrCl3N4O4. The van der Waals surface area contributed by atoms with Gasteiger partial charge in [0.25, 0.3) is 5.56 Å². The minimum atomic E-state index is -0.607. The topological polar surface area (TPSA) is 99.6 Å². The fourth-order valence-electron chi connectivity index (χ4n) is 3.61. The van der Waals surface area contributed by atoms with Gasteiger partial charge in [-0.15, -0.1) is 0 Å². The average Bonchev–Trinajstić information content (AvgIpc) is 2.83. The van der Waals surface area contributed by atoms with Crippen LogP contribution in [0.2, 0.25) is 15.1 Å². The van der Waals surface area contributed by atoms with E-state index in [9.17, 15) is 14.9 Å². The van der Waals surface area contributed by atoms with Crippen molar-refractivity contribution in [3.63, 3.8) is 0 Å². The maximum Gasteiger partial charge on any atom is 0.313 e. The molecule has 0 fully saturated rings. The normalized spacial score (nSPS) is 11.9. The van der Waals surface area contributed by atoms with Gasteiger partial charge in [-0.1, -0.05) is 77.6 Å². The van der Waals surface area contributed by atoms with E-state index >= 15 is 0 Å². The minimum Gasteiger partial charge on any atom is -0.481 e. The van der Waals surface area contributed by atoms with Crippen LogP contribution in [0.25, 0.3) is 10.9 Å². The van der Waals surface area contributed by atoms with Gasteiger partial charge in [0.1, 0.15) is 12.4 Å². The summed E-state index contributed by atoms with van der Waals surface area (Å²) in [7, 11) is 0. The highest BCUT2D eigenvalue weighted by Gasteiger charge is 2.24. The Morgan fingerprint density at radius 2 is 1.84 bits per heavy atom. The Kier molecular flexibility index (Phi) is 8.13. The lowest BCUT2D eigenvalue weighted by atomic mass is 9.95. The first-order valence-electron chi connectivity index (χ1n) is 11.2. The molecule has 0 aliphatic rings. The number of aromatic nitrogens is 2. The van der Waals surface area contributed by atoms with Crippen LogP contribution in [-0.4, -0.2) is 20.8 Å². The van der Waals surface area contributed by atoms with Crippen LogP contribution in [0.3, 0.4) is 0 Å². The van der Waals surface area contributed by atoms with E-state index < -0.39 is 10.3 Å². The van der Waals surface area contributed by atoms with Crippen LogP contribution in [0.15, 0.2) is 62.9 Å². The van der Waals surface area contributed by atoms with Crippen molar-refractivity contribution in [1.82, 2.24) is 9.66 Å². The minimum absolute atomic E-state index is 0.00491. The van der Waals surface area contributed by atoms with Crippen molar-refractivity contribution < 1.29 is 9.66 Å². The smallest absolute Gasteiger partial charge is 0.313 e. The second-order valence-corrected chi connectivity index (χ2v) is 11.5. The molecule has 4 aromatic rings. The monoisotopic (exact) mass is 636 g/mol. The van der Waals surface area contributed by atoms with Crippen LogP contribution < -0.4 is 10.3 Å². The number of halogens is 4. The summed E-state index contributed by atoms with van der Waals surface area (Å²) in [5.41, 5.74) is 0.139. The molecule has 0 saturated carbocycles. The second kappa shape index (κ2) is 11.0. The molecule has 0 atom stereocenters. The first kappa shape index (κ1) is 28.0. The Bertz CT molecular complexity index is 1670. The number of rotatable bonds is 6. The van der Waals surface area contributed by atoms with Crippen LogP contribution in [0, 0.1) is 10.1 Å². The molecule has 3 aromatic carbocycles. The van der Waals surface area contributed by atoms with Gasteiger partial charge in [-0.05, 0) is 36.4 Å². The Labute approximate surface area is 241 Å². The van der Waals surface area contributed by atoms with Crippen LogP contribution in [-0.2, 0) is 12.0 Å². The number of ether oxygens (including phenoxy) is 1. The molecule has 0 aliphatic heterocycles. The van der Waals surface area contributed by atoms with Crippen molar-refractivity contribution in [3.8, 4) is 5.75 Å². The SMILES string of the molecule is CC(C)(C)c1nc2ccc(Br)cc2c(=O)n1N=Cc1cc(Cl)c(OCc2ccc(Cl)cc2Cl)c([N+](=O)[O-])c1. The molecule has 0 spiro atoms. The number of hydrogen-bond acceptors (Lipinski definition) is 6. The standard InChI is InChI=1S/C26H20BrCl3N4O4/c1-26(2,3)25-32-21-7-5-16(27)10-18(21)24(35)33(25)31-12-14-8-20(30)23(22(9-14)34(36)37)38-13-15-4-6-17(28)11-19(15)29/h4-12H,13H2,1-3H3. The van der Waals surface area contributed by atoms with Crippen molar-refractivity contribution >= 4 is 73.5 Å². The van der Waals surface area contributed by atoms with Gasteiger partial charge in [-0.2, -0.15) is 9.78 Å². The van der Waals surface area contributed by atoms with Crippen molar-refractivity contribution in [2.45, 2.75) is 32.8 Å². The lowest BCUT2D eigenvalue weighted by Gasteiger charge is -2.20. The van der Waals surface area contributed by atoms with E-state index in [0.29, 0.717) is 37.9 Å². The summed E-state index contributed by atoms with van der Waals surface area (Å²) in [5, 5.41) is 17.4. The number of nitrogens with zero attached hydrogens (tertiary/aromatic N) is 4. The molecule has 4 rings (SSSR count). The van der Waals surface area contributed by atoms with E-state index in [0.717, 1.165) is 4.47 Å². The van der Waals surface area contributed by atoms with E-state index in [1.165, 1.54) is 23.0 Å². The molecule has 0 N–H and O–H groups in total. The van der Waals surface area contributed by atoms with Crippen LogP contribution >= 0.6 is 50.7 Å². The Morgan fingerprint density at radius 1 is 1.11 bits per heavy atom. The average molecular weight is 639 g/mol. The third kappa shape index (κ3) is 6.02. The predicted molar refractivity (Wildman–Crippen MR) is 154 cm³/mol. The molecule has 0 amide bonds. The quantitative estimate of drug-likeness (QED) is 0.122. The zero-order valence-electron chi connectivity index (χ0n) is 20.3. The number of fused-ring (bicyclic) bond motifs is 1. The molecule has 0 saturated heterocycles. The van der Waals surface area contributed by atoms with E-state index in [-0.39, 0.29) is 28.6 Å². The Morgan fingerprint density at radius 3 is 2.50 bits per heavy atom. The summed E-state index contributed by atoms with van der Waals surface area (Å²) in [5.74, 6) is 0.304. The van der Waals surface area contributed by atoms with E-state index in [2.05, 4.69) is 26.0 Å². The van der Waals surface area contributed by atoms with Gasteiger partial charge in [0.15, 0.2) is 0 Å². The van der Waals surface area contributed by atoms with Gasteiger partial charge in [0.2, 0.25) is 5.75 Å². The van der Waals surface area contributed by atoms with Crippen molar-refractivity contribution in [2.24, 2.45) is 5.10 Å². The Hall–Kier alpha value is -2.98. The fourth-order valence-corrected chi connectivity index (χ4v) is 4.71. The predicted octanol–water partition coefficient (Wildman–Crippen LogP) is 7.79. The fraction of sp³-hybridized carbons (Fsp3) is 0.192. The molecule has 0 radical (unpaired) electrons. The van der Waals surface area contributed by atoms with Crippen molar-refractivity contribution in [2.75, 3.05) is 0 Å². The van der Waals surface area contributed by atoms with Crippen molar-refractivity contribution in [1.29, 1.82) is 0 Å². The summed E-state index contributed by atoms with van der Waals surface area (Å²) >= 11 is 21.9. The maximum atomic E-state index is 13.3. The molecule has 0 aliphatic carbocycles. The number of nitro groups is 1. The molecule has 12 heteroatoms. The van der Waals surface area contributed by atoms with E-state index in [1.54, 1.807) is 36.4 Å². The molecule has 0 bridgehead atoms. The molecule has 1 heterocycles. The van der Waals surface area contributed by atoms with E-state index in [4.69, 9.17) is 39.5 Å². The largest absolute Gasteiger partial charge is 0.481 e. The van der Waals surface area contributed by atoms with Gasteiger partial charge in [0, 0.05) is 37.1 Å². The zero-order chi connectivity index (χ0) is 27.8. The highest BCUT2D eigenvalue weighted by atomic mass is 79.9. The van der Waals surface area contributed by atoms with Gasteiger partial charge < -0.3 is 4.74 Å². The molecular weight excluding hydrogens is 619 g/mol. The third-order valence-electron chi connectivity index (χ3n) is 5.43. The summed E-state index contributed by atoms with van der Waals surface area (Å²) in [6, 6.07) is 12.8. The third-order valence-corrected chi connectivity index (χ3v) is 6.79. The van der Waals surface area contributed by atoms with Crippen LogP contribution in [0.5, 0.6) is 5.75 Å². The Balaban J connectivity index is 1.75. The second-order valence-electron chi connectivity index (χ2n) is 9.34. The van der Waals surface area contributed by atoms with Gasteiger partial charge in [-0.3, -0.25) is 14.9 Å². The number of nitro benzene ring substituents is 1. The lowest BCUT2D eigenvalue weighted by molar-refractivity contribution is -0.385. The lowest BCUT2D eigenvalue weighted by Crippen LogP contribution is -2.29. The van der Waals surface area contributed by atoms with Crippen LogP contribution in [0.4, 0.5) is 5.69 Å². The summed E-state index contributed by atoms with van der Waals surface area (Å²) in [6.07, 6.45) is 1.32. The molecule has 8 nitrogen and oxygen atoms in total. The van der Waals surface area contributed by atoms with Crippen LogP contribution in [0.1, 0.15) is 37.7 Å². The summed E-state index contributed by atoms with van der Waals surface area (Å²) in [6.45, 7) is 5.66. The van der Waals surface area contributed by atoms with Gasteiger partial charge >= 0.3 is 5.69 Å². The summed E-state index contributed by atoms with van der Waals surface area (Å²) < 4.78 is 7.60. The highest BCUT2D eigenvalue weighted by molar-refractivity contribution is 9.10. The molecule has 38 heavy (non-hydrogen) atoms. The molecule has 0 unspecified atom stereocenters. The number of hydrogen-bond donors (Lipinski definition) is 0. The molecule has 1 aromatic heterocycles. The summed E-state index contributed by atoms with van der Waals surface area (Å²) in [4.78, 5) is 29.3.